The van der Waals surface area contributed by atoms with E-state index in [2.05, 4.69) is 11.8 Å². The lowest BCUT2D eigenvalue weighted by Crippen LogP contribution is -2.46. The van der Waals surface area contributed by atoms with Crippen molar-refractivity contribution in [2.45, 2.75) is 32.6 Å². The summed E-state index contributed by atoms with van der Waals surface area (Å²) in [5, 5.41) is 1.99. The lowest BCUT2D eigenvalue weighted by Gasteiger charge is -2.37. The van der Waals surface area contributed by atoms with Gasteiger partial charge in [-0.3, -0.25) is 9.59 Å². The molecule has 0 spiro atoms. The van der Waals surface area contributed by atoms with Gasteiger partial charge < -0.3 is 9.80 Å². The number of hydrogen-bond acceptors (Lipinski definition) is 3. The normalized spacial score (nSPS) is 21.0. The van der Waals surface area contributed by atoms with E-state index >= 15 is 0 Å². The SMILES string of the molecule is CC1CCCN(C(=O)C2CCN(C(=O)c3sccc3-c3ccccc3)CC2)C1. The van der Waals surface area contributed by atoms with Crippen LogP contribution in [-0.4, -0.2) is 47.8 Å². The average molecular weight is 397 g/mol. The van der Waals surface area contributed by atoms with E-state index in [1.807, 2.05) is 46.7 Å². The summed E-state index contributed by atoms with van der Waals surface area (Å²) >= 11 is 1.51. The highest BCUT2D eigenvalue weighted by Crippen LogP contribution is 2.31. The Morgan fingerprint density at radius 2 is 1.71 bits per heavy atom. The molecule has 28 heavy (non-hydrogen) atoms. The van der Waals surface area contributed by atoms with E-state index in [9.17, 15) is 9.59 Å². The zero-order valence-corrected chi connectivity index (χ0v) is 17.3. The Balaban J connectivity index is 1.39. The molecule has 1 aromatic carbocycles. The van der Waals surface area contributed by atoms with Gasteiger partial charge in [0.1, 0.15) is 0 Å². The minimum absolute atomic E-state index is 0.0753. The molecule has 2 aromatic rings. The number of nitrogens with zero attached hydrogens (tertiary/aromatic N) is 2. The molecule has 1 aromatic heterocycles. The molecule has 4 nitrogen and oxygen atoms in total. The van der Waals surface area contributed by atoms with Gasteiger partial charge in [0.25, 0.3) is 5.91 Å². The highest BCUT2D eigenvalue weighted by molar-refractivity contribution is 7.12. The van der Waals surface area contributed by atoms with Gasteiger partial charge in [-0.05, 0) is 48.6 Å². The van der Waals surface area contributed by atoms with Crippen LogP contribution in [0.5, 0.6) is 0 Å². The van der Waals surface area contributed by atoms with Crippen molar-refractivity contribution in [3.05, 3.63) is 46.7 Å². The van der Waals surface area contributed by atoms with Crippen LogP contribution >= 0.6 is 11.3 Å². The molecule has 148 valence electrons. The zero-order valence-electron chi connectivity index (χ0n) is 16.5. The van der Waals surface area contributed by atoms with Gasteiger partial charge in [-0.15, -0.1) is 11.3 Å². The number of carbonyl (C=O) groups excluding carboxylic acids is 2. The molecule has 0 saturated carbocycles. The molecule has 3 heterocycles. The van der Waals surface area contributed by atoms with Crippen LogP contribution < -0.4 is 0 Å². The maximum absolute atomic E-state index is 13.1. The largest absolute Gasteiger partial charge is 0.342 e. The van der Waals surface area contributed by atoms with E-state index in [1.165, 1.54) is 17.8 Å². The fraction of sp³-hybridized carbons (Fsp3) is 0.478. The fourth-order valence-electron chi connectivity index (χ4n) is 4.44. The molecule has 0 N–H and O–H groups in total. The molecule has 4 rings (SSSR count). The molecule has 2 aliphatic heterocycles. The Hall–Kier alpha value is -2.14. The number of amides is 2. The quantitative estimate of drug-likeness (QED) is 0.765. The van der Waals surface area contributed by atoms with E-state index in [1.54, 1.807) is 0 Å². The molecule has 2 saturated heterocycles. The number of hydrogen-bond donors (Lipinski definition) is 0. The summed E-state index contributed by atoms with van der Waals surface area (Å²) in [7, 11) is 0. The van der Waals surface area contributed by atoms with E-state index in [0.29, 0.717) is 24.9 Å². The Morgan fingerprint density at radius 1 is 0.964 bits per heavy atom. The van der Waals surface area contributed by atoms with Gasteiger partial charge in [0.05, 0.1) is 4.88 Å². The molecule has 2 amide bonds. The van der Waals surface area contributed by atoms with Crippen molar-refractivity contribution in [2.24, 2.45) is 11.8 Å². The van der Waals surface area contributed by atoms with Crippen LogP contribution in [0.25, 0.3) is 11.1 Å². The molecular weight excluding hydrogens is 368 g/mol. The first-order chi connectivity index (χ1) is 13.6. The Labute approximate surface area is 171 Å². The Bertz CT molecular complexity index is 824. The zero-order chi connectivity index (χ0) is 19.5. The van der Waals surface area contributed by atoms with Gasteiger partial charge in [0.2, 0.25) is 5.91 Å². The fourth-order valence-corrected chi connectivity index (χ4v) is 5.32. The highest BCUT2D eigenvalue weighted by atomic mass is 32.1. The van der Waals surface area contributed by atoms with Crippen molar-refractivity contribution in [1.29, 1.82) is 0 Å². The molecule has 2 fully saturated rings. The second-order valence-electron chi connectivity index (χ2n) is 8.13. The van der Waals surface area contributed by atoms with Crippen molar-refractivity contribution in [3.63, 3.8) is 0 Å². The molecule has 2 aliphatic rings. The van der Waals surface area contributed by atoms with Gasteiger partial charge in [0, 0.05) is 37.7 Å². The standard InChI is InChI=1S/C23H28N2O2S/c1-17-6-5-12-25(16-17)22(26)19-9-13-24(14-10-19)23(27)21-20(11-15-28-21)18-7-3-2-4-8-18/h2-4,7-8,11,15,17,19H,5-6,9-10,12-14,16H2,1H3. The second kappa shape index (κ2) is 8.48. The topological polar surface area (TPSA) is 40.6 Å². The number of benzene rings is 1. The van der Waals surface area contributed by atoms with Crippen molar-refractivity contribution < 1.29 is 9.59 Å². The lowest BCUT2D eigenvalue weighted by molar-refractivity contribution is -0.138. The first-order valence-corrected chi connectivity index (χ1v) is 11.2. The van der Waals surface area contributed by atoms with E-state index in [0.717, 1.165) is 48.4 Å². The summed E-state index contributed by atoms with van der Waals surface area (Å²) in [5.41, 5.74) is 2.09. The van der Waals surface area contributed by atoms with Crippen LogP contribution in [0.4, 0.5) is 0 Å². The number of likely N-dealkylation sites (tertiary alicyclic amines) is 2. The Morgan fingerprint density at radius 3 is 2.43 bits per heavy atom. The average Bonchev–Trinajstić information content (AvgIpc) is 3.23. The van der Waals surface area contributed by atoms with Gasteiger partial charge in [-0.1, -0.05) is 37.3 Å². The predicted molar refractivity (Wildman–Crippen MR) is 113 cm³/mol. The monoisotopic (exact) mass is 396 g/mol. The summed E-state index contributed by atoms with van der Waals surface area (Å²) in [6.07, 6.45) is 3.90. The van der Waals surface area contributed by atoms with Crippen molar-refractivity contribution in [1.82, 2.24) is 9.80 Å². The maximum Gasteiger partial charge on any atom is 0.264 e. The van der Waals surface area contributed by atoms with Crippen LogP contribution in [0.1, 0.15) is 42.3 Å². The number of rotatable bonds is 3. The summed E-state index contributed by atoms with van der Waals surface area (Å²) in [6, 6.07) is 12.1. The molecule has 0 bridgehead atoms. The van der Waals surface area contributed by atoms with Crippen LogP contribution in [0, 0.1) is 11.8 Å². The summed E-state index contributed by atoms with van der Waals surface area (Å²) in [6.45, 7) is 5.37. The highest BCUT2D eigenvalue weighted by Gasteiger charge is 2.32. The van der Waals surface area contributed by atoms with Crippen molar-refractivity contribution >= 4 is 23.2 Å². The summed E-state index contributed by atoms with van der Waals surface area (Å²) < 4.78 is 0. The first kappa shape index (κ1) is 19.2. The predicted octanol–water partition coefficient (Wildman–Crippen LogP) is 4.53. The van der Waals surface area contributed by atoms with Gasteiger partial charge >= 0.3 is 0 Å². The maximum atomic E-state index is 13.1. The number of thiophene rings is 1. The van der Waals surface area contributed by atoms with Crippen molar-refractivity contribution in [2.75, 3.05) is 26.2 Å². The van der Waals surface area contributed by atoms with E-state index < -0.39 is 0 Å². The lowest BCUT2D eigenvalue weighted by atomic mass is 9.92. The molecule has 0 aliphatic carbocycles. The summed E-state index contributed by atoms with van der Waals surface area (Å²) in [4.78, 5) is 30.8. The molecule has 5 heteroatoms. The van der Waals surface area contributed by atoms with E-state index in [4.69, 9.17) is 0 Å². The van der Waals surface area contributed by atoms with Gasteiger partial charge in [0.15, 0.2) is 0 Å². The van der Waals surface area contributed by atoms with E-state index in [-0.39, 0.29) is 11.8 Å². The molecule has 1 atom stereocenters. The number of carbonyl (C=O) groups is 2. The van der Waals surface area contributed by atoms with Crippen LogP contribution in [0.15, 0.2) is 41.8 Å². The van der Waals surface area contributed by atoms with Gasteiger partial charge in [-0.2, -0.15) is 0 Å². The minimum atomic E-state index is 0.0753. The number of piperidine rings is 2. The third-order valence-electron chi connectivity index (χ3n) is 6.04. The minimum Gasteiger partial charge on any atom is -0.342 e. The van der Waals surface area contributed by atoms with Crippen LogP contribution in [0.3, 0.4) is 0 Å². The van der Waals surface area contributed by atoms with Crippen LogP contribution in [-0.2, 0) is 4.79 Å². The molecule has 1 unspecified atom stereocenters. The summed E-state index contributed by atoms with van der Waals surface area (Å²) in [5.74, 6) is 1.09. The van der Waals surface area contributed by atoms with Crippen molar-refractivity contribution in [3.8, 4) is 11.1 Å². The third kappa shape index (κ3) is 4.00. The smallest absolute Gasteiger partial charge is 0.264 e. The van der Waals surface area contributed by atoms with Gasteiger partial charge in [-0.25, -0.2) is 0 Å². The van der Waals surface area contributed by atoms with Crippen LogP contribution in [0.2, 0.25) is 0 Å². The second-order valence-corrected chi connectivity index (χ2v) is 9.04. The first-order valence-electron chi connectivity index (χ1n) is 10.3. The Kier molecular flexibility index (Phi) is 5.81. The molecular formula is C23H28N2O2S. The third-order valence-corrected chi connectivity index (χ3v) is 6.95. The molecule has 0 radical (unpaired) electrons.